The van der Waals surface area contributed by atoms with E-state index in [0.717, 1.165) is 13.0 Å². The molecule has 1 aromatic rings. The van der Waals surface area contributed by atoms with Gasteiger partial charge >= 0.3 is 0 Å². The lowest BCUT2D eigenvalue weighted by molar-refractivity contribution is -0.114. The van der Waals surface area contributed by atoms with Crippen molar-refractivity contribution in [1.29, 1.82) is 0 Å². The number of guanidine groups is 1. The van der Waals surface area contributed by atoms with Gasteiger partial charge in [-0.15, -0.1) is 24.0 Å². The lowest BCUT2D eigenvalue weighted by atomic mass is 10.1. The largest absolute Gasteiger partial charge is 0.370 e. The van der Waals surface area contributed by atoms with Crippen LogP contribution in [0, 0.1) is 0 Å². The number of aliphatic imine (C=N–C) groups is 1. The van der Waals surface area contributed by atoms with Crippen molar-refractivity contribution >= 4 is 41.5 Å². The van der Waals surface area contributed by atoms with Crippen LogP contribution >= 0.6 is 24.0 Å². The van der Waals surface area contributed by atoms with Gasteiger partial charge < -0.3 is 16.4 Å². The quantitative estimate of drug-likeness (QED) is 0.229. The molecule has 0 radical (unpaired) electrons. The van der Waals surface area contributed by atoms with Gasteiger partial charge in [-0.25, -0.2) is 4.99 Å². The summed E-state index contributed by atoms with van der Waals surface area (Å²) in [4.78, 5) is 19.6. The average molecular weight is 433 g/mol. The number of hydrogen-bond acceptors (Lipinski definition) is 3. The third-order valence-electron chi connectivity index (χ3n) is 3.17. The molecule has 23 heavy (non-hydrogen) atoms. The summed E-state index contributed by atoms with van der Waals surface area (Å²) >= 11 is 0. The van der Waals surface area contributed by atoms with E-state index in [9.17, 15) is 4.79 Å². The highest BCUT2D eigenvalue weighted by Gasteiger charge is 2.01. The van der Waals surface area contributed by atoms with Crippen molar-refractivity contribution in [2.24, 2.45) is 10.7 Å². The van der Waals surface area contributed by atoms with Crippen molar-refractivity contribution in [1.82, 2.24) is 10.3 Å². The second kappa shape index (κ2) is 14.2. The first kappa shape index (κ1) is 21.6. The maximum atomic E-state index is 11.7. The fraction of sp³-hybridized carbons (Fsp3) is 0.562. The molecule has 0 atom stereocenters. The number of anilines is 1. The van der Waals surface area contributed by atoms with E-state index in [1.807, 2.05) is 0 Å². The molecule has 1 amide bonds. The van der Waals surface area contributed by atoms with E-state index in [0.29, 0.717) is 11.6 Å². The van der Waals surface area contributed by atoms with E-state index in [-0.39, 0.29) is 36.4 Å². The summed E-state index contributed by atoms with van der Waals surface area (Å²) in [6, 6.07) is 3.53. The van der Waals surface area contributed by atoms with Crippen LogP contribution in [0.15, 0.2) is 29.5 Å². The standard InChI is InChI=1S/C16H27N5O.HI/c1-2-3-4-5-6-7-11-19-16(17)20-13-15(22)21-14-9-8-10-18-12-14;/h8-10,12H,2-7,11,13H2,1H3,(H,21,22)(H3,17,19,20);1H. The molecule has 0 fully saturated rings. The molecule has 0 aliphatic heterocycles. The minimum atomic E-state index is -0.211. The number of carbonyl (C=O) groups excluding carboxylic acids is 1. The first-order valence-electron chi connectivity index (χ1n) is 7.96. The van der Waals surface area contributed by atoms with E-state index in [4.69, 9.17) is 5.73 Å². The van der Waals surface area contributed by atoms with Gasteiger partial charge in [0, 0.05) is 12.7 Å². The highest BCUT2D eigenvalue weighted by Crippen LogP contribution is 2.04. The number of rotatable bonds is 10. The Kier molecular flexibility index (Phi) is 13.4. The molecule has 0 saturated carbocycles. The molecule has 0 saturated heterocycles. The van der Waals surface area contributed by atoms with Gasteiger partial charge in [-0.05, 0) is 18.6 Å². The number of nitrogens with two attached hydrogens (primary N) is 1. The number of unbranched alkanes of at least 4 members (excludes halogenated alkanes) is 5. The molecular formula is C16H28IN5O. The predicted octanol–water partition coefficient (Wildman–Crippen LogP) is 2.90. The van der Waals surface area contributed by atoms with Gasteiger partial charge in [-0.2, -0.15) is 0 Å². The molecule has 6 nitrogen and oxygen atoms in total. The molecule has 7 heteroatoms. The van der Waals surface area contributed by atoms with Gasteiger partial charge in [0.25, 0.3) is 0 Å². The number of pyridine rings is 1. The Morgan fingerprint density at radius 2 is 2.00 bits per heavy atom. The summed E-state index contributed by atoms with van der Waals surface area (Å²) < 4.78 is 0. The Bertz CT molecular complexity index is 453. The molecule has 0 aliphatic rings. The van der Waals surface area contributed by atoms with Crippen molar-refractivity contribution in [3.8, 4) is 0 Å². The smallest absolute Gasteiger partial charge is 0.246 e. The lowest BCUT2D eigenvalue weighted by Crippen LogP contribution is -2.33. The number of aromatic nitrogens is 1. The van der Waals surface area contributed by atoms with Gasteiger partial charge in [-0.1, -0.05) is 39.0 Å². The zero-order valence-electron chi connectivity index (χ0n) is 13.8. The summed E-state index contributed by atoms with van der Waals surface area (Å²) in [5.74, 6) is 0.104. The maximum Gasteiger partial charge on any atom is 0.246 e. The number of carbonyl (C=O) groups is 1. The minimum absolute atomic E-state index is 0. The van der Waals surface area contributed by atoms with Crippen LogP contribution in [-0.2, 0) is 4.79 Å². The van der Waals surface area contributed by atoms with Gasteiger partial charge in [0.2, 0.25) is 5.91 Å². The third-order valence-corrected chi connectivity index (χ3v) is 3.17. The molecule has 0 aliphatic carbocycles. The topological polar surface area (TPSA) is 92.4 Å². The van der Waals surface area contributed by atoms with E-state index >= 15 is 0 Å². The number of hydrogen-bond donors (Lipinski definition) is 3. The van der Waals surface area contributed by atoms with E-state index in [1.54, 1.807) is 24.5 Å². The number of halogens is 1. The molecule has 0 unspecified atom stereocenters. The predicted molar refractivity (Wildman–Crippen MR) is 106 cm³/mol. The minimum Gasteiger partial charge on any atom is -0.370 e. The van der Waals surface area contributed by atoms with Crippen molar-refractivity contribution in [2.75, 3.05) is 18.4 Å². The maximum absolute atomic E-state index is 11.7. The normalized spacial score (nSPS) is 10.7. The summed E-state index contributed by atoms with van der Waals surface area (Å²) in [6.45, 7) is 3.01. The second-order valence-electron chi connectivity index (χ2n) is 5.19. The molecule has 1 rings (SSSR count). The second-order valence-corrected chi connectivity index (χ2v) is 5.19. The van der Waals surface area contributed by atoms with Crippen LogP contribution < -0.4 is 16.4 Å². The summed E-state index contributed by atoms with van der Waals surface area (Å²) in [5.41, 5.74) is 6.38. The van der Waals surface area contributed by atoms with Crippen molar-refractivity contribution in [3.05, 3.63) is 24.5 Å². The monoisotopic (exact) mass is 433 g/mol. The van der Waals surface area contributed by atoms with Crippen LogP contribution in [0.4, 0.5) is 5.69 Å². The van der Waals surface area contributed by atoms with Gasteiger partial charge in [0.05, 0.1) is 11.9 Å². The summed E-state index contributed by atoms with van der Waals surface area (Å²) in [5, 5.41) is 5.73. The zero-order chi connectivity index (χ0) is 16.0. The molecule has 130 valence electrons. The van der Waals surface area contributed by atoms with Crippen LogP contribution in [0.1, 0.15) is 45.4 Å². The van der Waals surface area contributed by atoms with Gasteiger partial charge in [0.15, 0.2) is 5.96 Å². The van der Waals surface area contributed by atoms with E-state index in [2.05, 4.69) is 27.5 Å². The first-order valence-corrected chi connectivity index (χ1v) is 7.96. The zero-order valence-corrected chi connectivity index (χ0v) is 16.1. The van der Waals surface area contributed by atoms with Crippen LogP contribution in [0.2, 0.25) is 0 Å². The van der Waals surface area contributed by atoms with Crippen molar-refractivity contribution in [3.63, 3.8) is 0 Å². The fourth-order valence-corrected chi connectivity index (χ4v) is 1.97. The molecule has 0 bridgehead atoms. The van der Waals surface area contributed by atoms with Gasteiger partial charge in [-0.3, -0.25) is 9.78 Å². The molecular weight excluding hydrogens is 405 g/mol. The van der Waals surface area contributed by atoms with Crippen LogP contribution in [0.5, 0.6) is 0 Å². The lowest BCUT2D eigenvalue weighted by Gasteiger charge is -2.06. The Balaban J connectivity index is 0.00000484. The SMILES string of the molecule is CCCCCCCCNC(N)=NCC(=O)Nc1cccnc1.I. The molecule has 1 heterocycles. The van der Waals surface area contributed by atoms with Gasteiger partial charge in [0.1, 0.15) is 6.54 Å². The van der Waals surface area contributed by atoms with Crippen LogP contribution in [0.3, 0.4) is 0 Å². The molecule has 4 N–H and O–H groups in total. The first-order chi connectivity index (χ1) is 10.7. The Hall–Kier alpha value is -1.38. The molecule has 0 spiro atoms. The number of amides is 1. The van der Waals surface area contributed by atoms with Crippen LogP contribution in [-0.4, -0.2) is 29.9 Å². The molecule has 0 aromatic carbocycles. The number of nitrogens with one attached hydrogen (secondary N) is 2. The fourth-order valence-electron chi connectivity index (χ4n) is 1.97. The molecule has 1 aromatic heterocycles. The highest BCUT2D eigenvalue weighted by molar-refractivity contribution is 14.0. The summed E-state index contributed by atoms with van der Waals surface area (Å²) in [7, 11) is 0. The van der Waals surface area contributed by atoms with E-state index < -0.39 is 0 Å². The number of nitrogens with zero attached hydrogens (tertiary/aromatic N) is 2. The summed E-state index contributed by atoms with van der Waals surface area (Å²) in [6.07, 6.45) is 10.6. The van der Waals surface area contributed by atoms with Crippen molar-refractivity contribution in [2.45, 2.75) is 45.4 Å². The highest BCUT2D eigenvalue weighted by atomic mass is 127. The Morgan fingerprint density at radius 3 is 2.70 bits per heavy atom. The van der Waals surface area contributed by atoms with Crippen LogP contribution in [0.25, 0.3) is 0 Å². The average Bonchev–Trinajstić information content (AvgIpc) is 2.53. The third kappa shape index (κ3) is 11.8. The van der Waals surface area contributed by atoms with E-state index in [1.165, 1.54) is 32.1 Å². The van der Waals surface area contributed by atoms with Crippen molar-refractivity contribution < 1.29 is 4.79 Å². The Morgan fingerprint density at radius 1 is 1.26 bits per heavy atom. The Labute approximate surface area is 155 Å².